The Hall–Kier alpha value is -2.79. The molecule has 0 radical (unpaired) electrons. The third-order valence-electron chi connectivity index (χ3n) is 3.25. The normalized spacial score (nSPS) is 11.2. The van der Waals surface area contributed by atoms with Crippen molar-refractivity contribution in [3.63, 3.8) is 0 Å². The van der Waals surface area contributed by atoms with Gasteiger partial charge in [-0.1, -0.05) is 23.7 Å². The van der Waals surface area contributed by atoms with Crippen LogP contribution in [0.1, 0.15) is 17.9 Å². The van der Waals surface area contributed by atoms with Crippen LogP contribution in [0.4, 0.5) is 0 Å². The van der Waals surface area contributed by atoms with Crippen LogP contribution in [0.3, 0.4) is 0 Å². The van der Waals surface area contributed by atoms with Crippen molar-refractivity contribution < 1.29 is 19.1 Å². The Labute approximate surface area is 143 Å². The smallest absolute Gasteiger partial charge is 0.306 e. The van der Waals surface area contributed by atoms with Gasteiger partial charge in [0.2, 0.25) is 5.89 Å². The van der Waals surface area contributed by atoms with Gasteiger partial charge in [0.15, 0.2) is 5.58 Å². The van der Waals surface area contributed by atoms with Crippen molar-refractivity contribution in [1.82, 2.24) is 4.98 Å². The molecule has 0 spiro atoms. The molecule has 122 valence electrons. The lowest BCUT2D eigenvalue weighted by molar-refractivity contribution is -0.137. The molecule has 0 amide bonds. The molecule has 1 N–H and O–H groups in total. The Kier molecular flexibility index (Phi) is 4.82. The number of ether oxygens (including phenoxy) is 1. The van der Waals surface area contributed by atoms with E-state index in [1.807, 2.05) is 18.2 Å². The lowest BCUT2D eigenvalue weighted by Gasteiger charge is -2.04. The predicted octanol–water partition coefficient (Wildman–Crippen LogP) is 4.51. The first-order valence-corrected chi connectivity index (χ1v) is 7.67. The van der Waals surface area contributed by atoms with E-state index in [2.05, 4.69) is 4.98 Å². The van der Waals surface area contributed by atoms with E-state index in [-0.39, 0.29) is 13.0 Å². The molecule has 0 unspecified atom stereocenters. The molecule has 24 heavy (non-hydrogen) atoms. The number of benzene rings is 2. The summed E-state index contributed by atoms with van der Waals surface area (Å²) >= 11 is 5.93. The van der Waals surface area contributed by atoms with E-state index in [4.69, 9.17) is 25.9 Å². The number of aromatic nitrogens is 1. The van der Waals surface area contributed by atoms with Gasteiger partial charge < -0.3 is 14.3 Å². The van der Waals surface area contributed by atoms with Gasteiger partial charge in [-0.3, -0.25) is 4.79 Å². The highest BCUT2D eigenvalue weighted by atomic mass is 35.5. The van der Waals surface area contributed by atoms with Gasteiger partial charge in [0.1, 0.15) is 11.3 Å². The molecule has 5 nitrogen and oxygen atoms in total. The first kappa shape index (κ1) is 16.1. The van der Waals surface area contributed by atoms with Crippen LogP contribution < -0.4 is 4.74 Å². The summed E-state index contributed by atoms with van der Waals surface area (Å²) < 4.78 is 10.9. The van der Waals surface area contributed by atoms with Crippen molar-refractivity contribution in [3.8, 4) is 5.75 Å². The van der Waals surface area contributed by atoms with Crippen LogP contribution in [-0.2, 0) is 4.79 Å². The van der Waals surface area contributed by atoms with Crippen molar-refractivity contribution in [2.24, 2.45) is 0 Å². The fourth-order valence-electron chi connectivity index (χ4n) is 2.09. The highest BCUT2D eigenvalue weighted by Gasteiger charge is 2.03. The highest BCUT2D eigenvalue weighted by Crippen LogP contribution is 2.21. The fraction of sp³-hybridized carbons (Fsp3) is 0.111. The number of rotatable bonds is 6. The first-order valence-electron chi connectivity index (χ1n) is 7.29. The SMILES string of the molecule is O=C(O)CCOc1ccc(C=Cc2nc3cc(Cl)ccc3o2)cc1. The summed E-state index contributed by atoms with van der Waals surface area (Å²) in [6.07, 6.45) is 3.62. The van der Waals surface area contributed by atoms with Crippen molar-refractivity contribution in [2.75, 3.05) is 6.61 Å². The quantitative estimate of drug-likeness (QED) is 0.713. The van der Waals surface area contributed by atoms with Crippen molar-refractivity contribution in [2.45, 2.75) is 6.42 Å². The van der Waals surface area contributed by atoms with Gasteiger partial charge in [-0.05, 0) is 42.0 Å². The zero-order valence-corrected chi connectivity index (χ0v) is 13.4. The van der Waals surface area contributed by atoms with Gasteiger partial charge >= 0.3 is 5.97 Å². The lowest BCUT2D eigenvalue weighted by Crippen LogP contribution is -2.04. The molecule has 2 aromatic carbocycles. The maximum absolute atomic E-state index is 10.4. The third kappa shape index (κ3) is 4.14. The second-order valence-electron chi connectivity index (χ2n) is 5.06. The summed E-state index contributed by atoms with van der Waals surface area (Å²) in [6, 6.07) is 12.6. The standard InChI is InChI=1S/C18H14ClNO4/c19-13-4-7-16-15(11-13)20-17(24-16)8-3-12-1-5-14(6-2-12)23-10-9-18(21)22/h1-8,11H,9-10H2,(H,21,22). The number of hydrogen-bond donors (Lipinski definition) is 1. The van der Waals surface area contributed by atoms with Crippen molar-refractivity contribution in [1.29, 1.82) is 0 Å². The summed E-state index contributed by atoms with van der Waals surface area (Å²) in [5, 5.41) is 9.19. The number of oxazole rings is 1. The fourth-order valence-corrected chi connectivity index (χ4v) is 2.25. The van der Waals surface area contributed by atoms with E-state index in [1.165, 1.54) is 0 Å². The second-order valence-corrected chi connectivity index (χ2v) is 5.50. The number of aliphatic carboxylic acids is 1. The Balaban J connectivity index is 1.66. The molecule has 3 aromatic rings. The first-order chi connectivity index (χ1) is 11.6. The van der Waals surface area contributed by atoms with Crippen LogP contribution in [0.2, 0.25) is 5.02 Å². The molecule has 1 aromatic heterocycles. The molecule has 1 heterocycles. The monoisotopic (exact) mass is 343 g/mol. The average molecular weight is 344 g/mol. The number of carbonyl (C=O) groups is 1. The zero-order chi connectivity index (χ0) is 16.9. The molecule has 0 saturated carbocycles. The molecule has 6 heteroatoms. The Morgan fingerprint density at radius 1 is 1.21 bits per heavy atom. The molecule has 0 bridgehead atoms. The van der Waals surface area contributed by atoms with Gasteiger partial charge in [-0.25, -0.2) is 4.98 Å². The van der Waals surface area contributed by atoms with E-state index in [0.29, 0.717) is 27.8 Å². The molecule has 0 atom stereocenters. The van der Waals surface area contributed by atoms with Crippen LogP contribution in [0, 0.1) is 0 Å². The Morgan fingerprint density at radius 2 is 2.00 bits per heavy atom. The van der Waals surface area contributed by atoms with E-state index in [1.54, 1.807) is 36.4 Å². The molecular weight excluding hydrogens is 330 g/mol. The molecule has 3 rings (SSSR count). The molecule has 0 saturated heterocycles. The molecule has 0 aliphatic rings. The minimum absolute atomic E-state index is 0.0244. The maximum atomic E-state index is 10.4. The number of hydrogen-bond acceptors (Lipinski definition) is 4. The maximum Gasteiger partial charge on any atom is 0.306 e. The molecule has 0 aliphatic carbocycles. The van der Waals surface area contributed by atoms with Crippen LogP contribution >= 0.6 is 11.6 Å². The Bertz CT molecular complexity index is 884. The number of fused-ring (bicyclic) bond motifs is 1. The Morgan fingerprint density at radius 3 is 2.75 bits per heavy atom. The average Bonchev–Trinajstić information content (AvgIpc) is 2.96. The van der Waals surface area contributed by atoms with Crippen LogP contribution in [0.5, 0.6) is 5.75 Å². The lowest BCUT2D eigenvalue weighted by atomic mass is 10.2. The van der Waals surface area contributed by atoms with E-state index in [9.17, 15) is 4.79 Å². The topological polar surface area (TPSA) is 72.6 Å². The summed E-state index contributed by atoms with van der Waals surface area (Å²) in [6.45, 7) is 0.149. The van der Waals surface area contributed by atoms with Gasteiger partial charge in [0, 0.05) is 11.1 Å². The van der Waals surface area contributed by atoms with E-state index < -0.39 is 5.97 Å². The van der Waals surface area contributed by atoms with Gasteiger partial charge in [0.25, 0.3) is 0 Å². The molecule has 0 aliphatic heterocycles. The number of halogens is 1. The van der Waals surface area contributed by atoms with Crippen LogP contribution in [-0.4, -0.2) is 22.7 Å². The molecule has 0 fully saturated rings. The zero-order valence-electron chi connectivity index (χ0n) is 12.6. The summed E-state index contributed by atoms with van der Waals surface area (Å²) in [5.74, 6) is 0.244. The van der Waals surface area contributed by atoms with Crippen LogP contribution in [0.15, 0.2) is 46.9 Å². The van der Waals surface area contributed by atoms with Crippen molar-refractivity contribution in [3.05, 3.63) is 58.9 Å². The van der Waals surface area contributed by atoms with E-state index in [0.717, 1.165) is 5.56 Å². The minimum Gasteiger partial charge on any atom is -0.493 e. The predicted molar refractivity (Wildman–Crippen MR) is 92.1 cm³/mol. The summed E-state index contributed by atoms with van der Waals surface area (Å²) in [7, 11) is 0. The van der Waals surface area contributed by atoms with Crippen LogP contribution in [0.25, 0.3) is 23.3 Å². The number of carboxylic acids is 1. The summed E-state index contributed by atoms with van der Waals surface area (Å²) in [4.78, 5) is 14.8. The van der Waals surface area contributed by atoms with Crippen molar-refractivity contribution >= 4 is 40.8 Å². The van der Waals surface area contributed by atoms with Gasteiger partial charge in [-0.2, -0.15) is 0 Å². The van der Waals surface area contributed by atoms with Gasteiger partial charge in [0.05, 0.1) is 13.0 Å². The third-order valence-corrected chi connectivity index (χ3v) is 3.48. The largest absolute Gasteiger partial charge is 0.493 e. The number of carboxylic acid groups (broad SMARTS) is 1. The van der Waals surface area contributed by atoms with Gasteiger partial charge in [-0.15, -0.1) is 0 Å². The summed E-state index contributed by atoms with van der Waals surface area (Å²) in [5.41, 5.74) is 2.34. The molecular formula is C18H14ClNO4. The van der Waals surface area contributed by atoms with E-state index >= 15 is 0 Å². The highest BCUT2D eigenvalue weighted by molar-refractivity contribution is 6.31. The second kappa shape index (κ2) is 7.19. The number of nitrogens with zero attached hydrogens (tertiary/aromatic N) is 1. The minimum atomic E-state index is -0.880.